The number of carboxylic acid groups (broad SMARTS) is 1. The van der Waals surface area contributed by atoms with Gasteiger partial charge in [-0.25, -0.2) is 4.79 Å². The van der Waals surface area contributed by atoms with Crippen LogP contribution in [0.15, 0.2) is 48.5 Å². The standard InChI is InChI=1S/C11H17N3O7.C10H8/c1-5(13-11(12)20)10(19)14-7(3-9(17)18)8(16)4-21-6(2)15;1-2-6-10-8-4-3-7-9(10)5-1/h5,7H,3-4H2,1-2H3,(H,14,19)(H,17,18)(H3,12,13,20);1-8H. The summed E-state index contributed by atoms with van der Waals surface area (Å²) in [6.07, 6.45) is -0.685. The van der Waals surface area contributed by atoms with E-state index in [9.17, 15) is 24.0 Å². The lowest BCUT2D eigenvalue weighted by molar-refractivity contribution is -0.147. The molecule has 0 spiro atoms. The van der Waals surface area contributed by atoms with E-state index in [4.69, 9.17) is 10.8 Å². The SMILES string of the molecule is CC(=O)OCC(=O)C(CC(=O)O)NC(=O)C(C)NC(N)=O.c1ccc2ccccc2c1. The van der Waals surface area contributed by atoms with Crippen molar-refractivity contribution >= 4 is 40.4 Å². The Morgan fingerprint density at radius 2 is 1.45 bits per heavy atom. The predicted molar refractivity (Wildman–Crippen MR) is 112 cm³/mol. The number of carbonyl (C=O) groups is 5. The largest absolute Gasteiger partial charge is 0.481 e. The number of aliphatic carboxylic acids is 1. The van der Waals surface area contributed by atoms with E-state index in [2.05, 4.69) is 63.9 Å². The van der Waals surface area contributed by atoms with Gasteiger partial charge in [0, 0.05) is 6.92 Å². The lowest BCUT2D eigenvalue weighted by Crippen LogP contribution is -2.52. The van der Waals surface area contributed by atoms with Crippen molar-refractivity contribution in [2.45, 2.75) is 32.4 Å². The van der Waals surface area contributed by atoms with Gasteiger partial charge in [-0.3, -0.25) is 19.2 Å². The third-order valence-electron chi connectivity index (χ3n) is 3.91. The van der Waals surface area contributed by atoms with Crippen LogP contribution in [-0.4, -0.2) is 53.5 Å². The summed E-state index contributed by atoms with van der Waals surface area (Å²) in [6, 6.07) is 13.3. The first-order chi connectivity index (χ1) is 14.6. The molecule has 10 nitrogen and oxygen atoms in total. The maximum atomic E-state index is 11.7. The van der Waals surface area contributed by atoms with Crippen LogP contribution in [0.1, 0.15) is 20.3 Å². The monoisotopic (exact) mass is 431 g/mol. The van der Waals surface area contributed by atoms with Gasteiger partial charge in [-0.05, 0) is 17.7 Å². The van der Waals surface area contributed by atoms with E-state index in [0.717, 1.165) is 6.92 Å². The molecule has 0 aromatic heterocycles. The van der Waals surface area contributed by atoms with Crippen molar-refractivity contribution in [2.24, 2.45) is 5.73 Å². The Kier molecular flexibility index (Phi) is 10.2. The molecule has 0 aliphatic heterocycles. The fourth-order valence-corrected chi connectivity index (χ4v) is 2.40. The van der Waals surface area contributed by atoms with Gasteiger partial charge < -0.3 is 26.2 Å². The molecule has 0 aliphatic rings. The molecule has 0 bridgehead atoms. The third kappa shape index (κ3) is 9.88. The second-order valence-corrected chi connectivity index (χ2v) is 6.48. The van der Waals surface area contributed by atoms with Crippen molar-refractivity contribution in [1.82, 2.24) is 10.6 Å². The molecule has 0 fully saturated rings. The van der Waals surface area contributed by atoms with E-state index >= 15 is 0 Å². The number of Topliss-reactive ketones (excluding diaryl/α,β-unsaturated/α-hetero) is 1. The topological polar surface area (TPSA) is 165 Å². The number of urea groups is 1. The summed E-state index contributed by atoms with van der Waals surface area (Å²) in [5, 5.41) is 15.5. The van der Waals surface area contributed by atoms with Crippen LogP contribution >= 0.6 is 0 Å². The molecule has 31 heavy (non-hydrogen) atoms. The second-order valence-electron chi connectivity index (χ2n) is 6.48. The molecule has 0 saturated heterocycles. The van der Waals surface area contributed by atoms with Crippen molar-refractivity contribution in [2.75, 3.05) is 6.61 Å². The number of benzene rings is 2. The number of nitrogens with one attached hydrogen (secondary N) is 2. The number of ketones is 1. The molecule has 166 valence electrons. The summed E-state index contributed by atoms with van der Waals surface area (Å²) in [6.45, 7) is 1.72. The van der Waals surface area contributed by atoms with Crippen LogP contribution in [-0.2, 0) is 23.9 Å². The number of nitrogens with two attached hydrogens (primary N) is 1. The van der Waals surface area contributed by atoms with Crippen LogP contribution in [0.4, 0.5) is 4.79 Å². The van der Waals surface area contributed by atoms with Crippen molar-refractivity contribution < 1.29 is 33.8 Å². The van der Waals surface area contributed by atoms with E-state index < -0.39 is 54.8 Å². The quantitative estimate of drug-likeness (QED) is 0.452. The molecule has 2 atom stereocenters. The van der Waals surface area contributed by atoms with Crippen LogP contribution in [0.5, 0.6) is 0 Å². The van der Waals surface area contributed by atoms with Gasteiger partial charge in [-0.1, -0.05) is 48.5 Å². The van der Waals surface area contributed by atoms with E-state index in [1.807, 2.05) is 0 Å². The zero-order valence-corrected chi connectivity index (χ0v) is 17.2. The molecule has 0 saturated carbocycles. The zero-order valence-electron chi connectivity index (χ0n) is 17.2. The zero-order chi connectivity index (χ0) is 23.4. The minimum Gasteiger partial charge on any atom is -0.481 e. The summed E-state index contributed by atoms with van der Waals surface area (Å²) in [4.78, 5) is 55.3. The first-order valence-corrected chi connectivity index (χ1v) is 9.28. The predicted octanol–water partition coefficient (Wildman–Crippen LogP) is 0.975. The van der Waals surface area contributed by atoms with Gasteiger partial charge in [0.15, 0.2) is 12.4 Å². The highest BCUT2D eigenvalue weighted by molar-refractivity contribution is 5.95. The Balaban J connectivity index is 0.000000391. The van der Waals surface area contributed by atoms with Gasteiger partial charge in [-0.2, -0.15) is 0 Å². The number of rotatable bonds is 8. The minimum atomic E-state index is -1.38. The Morgan fingerprint density at radius 1 is 0.968 bits per heavy atom. The Bertz CT molecular complexity index is 880. The van der Waals surface area contributed by atoms with Gasteiger partial charge in [-0.15, -0.1) is 0 Å². The minimum absolute atomic E-state index is 0.662. The van der Waals surface area contributed by atoms with E-state index in [0.29, 0.717) is 0 Å². The fraction of sp³-hybridized carbons (Fsp3) is 0.286. The molecule has 5 N–H and O–H groups in total. The second kappa shape index (κ2) is 12.6. The van der Waals surface area contributed by atoms with Crippen LogP contribution in [0.25, 0.3) is 10.8 Å². The molecule has 2 aromatic carbocycles. The molecule has 0 heterocycles. The van der Waals surface area contributed by atoms with Crippen LogP contribution in [0, 0.1) is 0 Å². The summed E-state index contributed by atoms with van der Waals surface area (Å²) in [5.41, 5.74) is 4.83. The normalized spacial score (nSPS) is 11.8. The molecular weight excluding hydrogens is 406 g/mol. The summed E-state index contributed by atoms with van der Waals surface area (Å²) in [7, 11) is 0. The average Bonchev–Trinajstić information content (AvgIpc) is 2.71. The smallest absolute Gasteiger partial charge is 0.312 e. The number of carbonyl (C=O) groups excluding carboxylic acids is 4. The van der Waals surface area contributed by atoms with Crippen molar-refractivity contribution in [3.05, 3.63) is 48.5 Å². The Labute approximate surface area is 178 Å². The Hall–Kier alpha value is -3.95. The van der Waals surface area contributed by atoms with Gasteiger partial charge >= 0.3 is 18.0 Å². The number of primary amides is 1. The van der Waals surface area contributed by atoms with E-state index in [1.54, 1.807) is 0 Å². The summed E-state index contributed by atoms with van der Waals surface area (Å²) in [5.74, 6) is -3.62. The van der Waals surface area contributed by atoms with Gasteiger partial charge in [0.1, 0.15) is 12.1 Å². The molecule has 3 amide bonds. The highest BCUT2D eigenvalue weighted by atomic mass is 16.5. The first kappa shape index (κ1) is 25.1. The van der Waals surface area contributed by atoms with Gasteiger partial charge in [0.25, 0.3) is 0 Å². The Morgan fingerprint density at radius 3 is 1.84 bits per heavy atom. The van der Waals surface area contributed by atoms with Crippen LogP contribution in [0.3, 0.4) is 0 Å². The molecular formula is C21H25N3O7. The number of ether oxygens (including phenoxy) is 1. The maximum Gasteiger partial charge on any atom is 0.312 e. The number of esters is 1. The molecule has 10 heteroatoms. The molecule has 2 aromatic rings. The molecule has 2 unspecified atom stereocenters. The third-order valence-corrected chi connectivity index (χ3v) is 3.91. The molecule has 0 radical (unpaired) electrons. The highest BCUT2D eigenvalue weighted by Crippen LogP contribution is 2.11. The first-order valence-electron chi connectivity index (χ1n) is 9.28. The van der Waals surface area contributed by atoms with Crippen molar-refractivity contribution in [3.63, 3.8) is 0 Å². The lowest BCUT2D eigenvalue weighted by atomic mass is 10.1. The van der Waals surface area contributed by atoms with Crippen molar-refractivity contribution in [3.8, 4) is 0 Å². The summed E-state index contributed by atoms with van der Waals surface area (Å²) < 4.78 is 4.45. The average molecular weight is 431 g/mol. The van der Waals surface area contributed by atoms with E-state index in [-0.39, 0.29) is 0 Å². The van der Waals surface area contributed by atoms with Gasteiger partial charge in [0.05, 0.1) is 6.42 Å². The maximum absolute atomic E-state index is 11.7. The van der Waals surface area contributed by atoms with Crippen molar-refractivity contribution in [1.29, 1.82) is 0 Å². The number of amides is 3. The molecule has 0 aliphatic carbocycles. The number of hydrogen-bond donors (Lipinski definition) is 4. The molecule has 2 rings (SSSR count). The highest BCUT2D eigenvalue weighted by Gasteiger charge is 2.26. The number of fused-ring (bicyclic) bond motifs is 1. The van der Waals surface area contributed by atoms with E-state index in [1.165, 1.54) is 17.7 Å². The van der Waals surface area contributed by atoms with Crippen LogP contribution in [0.2, 0.25) is 0 Å². The lowest BCUT2D eigenvalue weighted by Gasteiger charge is -2.18. The summed E-state index contributed by atoms with van der Waals surface area (Å²) >= 11 is 0. The fourth-order valence-electron chi connectivity index (χ4n) is 2.40. The van der Waals surface area contributed by atoms with Gasteiger partial charge in [0.2, 0.25) is 5.91 Å². The number of hydrogen-bond acceptors (Lipinski definition) is 6. The number of carboxylic acids is 1. The van der Waals surface area contributed by atoms with Crippen LogP contribution < -0.4 is 16.4 Å².